The van der Waals surface area contributed by atoms with Crippen LogP contribution in [0.5, 0.6) is 0 Å². The van der Waals surface area contributed by atoms with Crippen molar-refractivity contribution in [2.45, 2.75) is 33.1 Å². The third-order valence-corrected chi connectivity index (χ3v) is 5.07. The van der Waals surface area contributed by atoms with Gasteiger partial charge < -0.3 is 24.1 Å². The van der Waals surface area contributed by atoms with Crippen LogP contribution in [0.3, 0.4) is 0 Å². The van der Waals surface area contributed by atoms with Gasteiger partial charge >= 0.3 is 6.16 Å². The van der Waals surface area contributed by atoms with Crippen LogP contribution in [0.25, 0.3) is 5.57 Å². The van der Waals surface area contributed by atoms with Crippen molar-refractivity contribution >= 4 is 34.9 Å². The van der Waals surface area contributed by atoms with E-state index < -0.39 is 12.1 Å². The van der Waals surface area contributed by atoms with Gasteiger partial charge in [0.25, 0.3) is 5.89 Å². The van der Waals surface area contributed by atoms with E-state index in [-0.39, 0.29) is 13.2 Å². The van der Waals surface area contributed by atoms with Crippen LogP contribution in [0, 0.1) is 0 Å². The van der Waals surface area contributed by atoms with E-state index >= 15 is 0 Å². The molecule has 0 saturated carbocycles. The normalized spacial score (nSPS) is 16.4. The van der Waals surface area contributed by atoms with Crippen molar-refractivity contribution in [2.75, 3.05) is 20.3 Å². The summed E-state index contributed by atoms with van der Waals surface area (Å²) in [6, 6.07) is 5.13. The number of carbonyl (C=O) groups excluding carboxylic acids is 1. The SMILES string of the molecule is CCc1noc(C2=C(C)NC(C)=C(OC(=O)OCCOC)C2c2cc(Cl)cc(Cl)c2)n1. The Morgan fingerprint density at radius 3 is 2.48 bits per heavy atom. The van der Waals surface area contributed by atoms with Gasteiger partial charge in [-0.3, -0.25) is 0 Å². The zero-order chi connectivity index (χ0) is 22.5. The van der Waals surface area contributed by atoms with Gasteiger partial charge in [0.05, 0.1) is 23.8 Å². The fraction of sp³-hybridized carbons (Fsp3) is 0.381. The third-order valence-electron chi connectivity index (χ3n) is 4.63. The number of aromatic nitrogens is 2. The Bertz CT molecular complexity index is 1010. The van der Waals surface area contributed by atoms with Gasteiger partial charge in [0.2, 0.25) is 0 Å². The summed E-state index contributed by atoms with van der Waals surface area (Å²) in [6.07, 6.45) is -0.244. The molecular weight excluding hydrogens is 445 g/mol. The van der Waals surface area contributed by atoms with Crippen molar-refractivity contribution in [1.29, 1.82) is 0 Å². The quantitative estimate of drug-likeness (QED) is 0.444. The Balaban J connectivity index is 2.07. The number of methoxy groups -OCH3 is 1. The molecule has 2 heterocycles. The molecule has 0 aliphatic carbocycles. The maximum Gasteiger partial charge on any atom is 0.513 e. The topological polar surface area (TPSA) is 95.7 Å². The number of hydrogen-bond donors (Lipinski definition) is 1. The number of allylic oxidation sites excluding steroid dienone is 3. The van der Waals surface area contributed by atoms with Crippen molar-refractivity contribution in [3.63, 3.8) is 0 Å². The predicted molar refractivity (Wildman–Crippen MR) is 116 cm³/mol. The molecule has 3 rings (SSSR count). The van der Waals surface area contributed by atoms with Gasteiger partial charge in [0, 0.05) is 29.3 Å². The zero-order valence-corrected chi connectivity index (χ0v) is 19.1. The first-order chi connectivity index (χ1) is 14.8. The first kappa shape index (κ1) is 23.1. The molecule has 8 nitrogen and oxygen atoms in total. The van der Waals surface area contributed by atoms with Crippen LogP contribution in [0.4, 0.5) is 4.79 Å². The lowest BCUT2D eigenvalue weighted by atomic mass is 9.85. The van der Waals surface area contributed by atoms with Crippen LogP contribution >= 0.6 is 23.2 Å². The minimum absolute atomic E-state index is 0.0635. The number of carbonyl (C=O) groups is 1. The highest BCUT2D eigenvalue weighted by Gasteiger charge is 2.36. The third kappa shape index (κ3) is 5.39. The summed E-state index contributed by atoms with van der Waals surface area (Å²) >= 11 is 12.5. The van der Waals surface area contributed by atoms with Crippen LogP contribution < -0.4 is 5.32 Å². The van der Waals surface area contributed by atoms with Gasteiger partial charge in [-0.2, -0.15) is 4.98 Å². The highest BCUT2D eigenvalue weighted by molar-refractivity contribution is 6.34. The van der Waals surface area contributed by atoms with Gasteiger partial charge in [-0.15, -0.1) is 0 Å². The van der Waals surface area contributed by atoms with Crippen molar-refractivity contribution < 1.29 is 23.5 Å². The van der Waals surface area contributed by atoms with E-state index in [0.29, 0.717) is 50.8 Å². The Kier molecular flexibility index (Phi) is 7.59. The van der Waals surface area contributed by atoms with Gasteiger partial charge in [-0.25, -0.2) is 4.79 Å². The first-order valence-corrected chi connectivity index (χ1v) is 10.4. The van der Waals surface area contributed by atoms with Crippen LogP contribution in [0.2, 0.25) is 10.0 Å². The summed E-state index contributed by atoms with van der Waals surface area (Å²) in [5.74, 6) is 0.602. The summed E-state index contributed by atoms with van der Waals surface area (Å²) in [6.45, 7) is 5.92. The molecule has 10 heteroatoms. The summed E-state index contributed by atoms with van der Waals surface area (Å²) in [7, 11) is 1.51. The molecule has 1 N–H and O–H groups in total. The molecule has 1 unspecified atom stereocenters. The van der Waals surface area contributed by atoms with Gasteiger partial charge in [-0.05, 0) is 37.6 Å². The largest absolute Gasteiger partial charge is 0.513 e. The number of aryl methyl sites for hydroxylation is 1. The number of dihydropyridines is 1. The molecule has 31 heavy (non-hydrogen) atoms. The van der Waals surface area contributed by atoms with Crippen LogP contribution in [-0.4, -0.2) is 36.6 Å². The lowest BCUT2D eigenvalue weighted by molar-refractivity contribution is 0.0503. The van der Waals surface area contributed by atoms with Crippen LogP contribution in [-0.2, 0) is 20.6 Å². The van der Waals surface area contributed by atoms with Crippen molar-refractivity contribution in [3.8, 4) is 0 Å². The standard InChI is InChI=1S/C21H23Cl2N3O5/c1-5-16-25-20(31-26-16)17-11(2)24-12(3)19(30-21(27)29-7-6-28-4)18(17)13-8-14(22)10-15(23)9-13/h8-10,18,24H,5-7H2,1-4H3. The predicted octanol–water partition coefficient (Wildman–Crippen LogP) is 5.09. The molecule has 0 saturated heterocycles. The van der Waals surface area contributed by atoms with Gasteiger partial charge in [-0.1, -0.05) is 35.3 Å². The molecule has 2 aromatic rings. The van der Waals surface area contributed by atoms with E-state index in [1.165, 1.54) is 7.11 Å². The summed E-state index contributed by atoms with van der Waals surface area (Å²) < 4.78 is 21.1. The van der Waals surface area contributed by atoms with Crippen molar-refractivity contribution in [3.05, 3.63) is 62.7 Å². The molecule has 166 valence electrons. The fourth-order valence-electron chi connectivity index (χ4n) is 3.29. The number of ether oxygens (including phenoxy) is 3. The lowest BCUT2D eigenvalue weighted by Crippen LogP contribution is -2.27. The smallest absolute Gasteiger partial charge is 0.432 e. The second kappa shape index (κ2) is 10.2. The molecule has 1 aliphatic heterocycles. The Morgan fingerprint density at radius 2 is 1.87 bits per heavy atom. The van der Waals surface area contributed by atoms with Gasteiger partial charge in [0.1, 0.15) is 12.4 Å². The number of nitrogens with zero attached hydrogens (tertiary/aromatic N) is 2. The lowest BCUT2D eigenvalue weighted by Gasteiger charge is -2.30. The van der Waals surface area contributed by atoms with Gasteiger partial charge in [0.15, 0.2) is 5.82 Å². The van der Waals surface area contributed by atoms with Crippen molar-refractivity contribution in [2.24, 2.45) is 0 Å². The highest BCUT2D eigenvalue weighted by atomic mass is 35.5. The molecular formula is C21H23Cl2N3O5. The van der Waals surface area contributed by atoms with E-state index in [9.17, 15) is 4.79 Å². The molecule has 0 radical (unpaired) electrons. The molecule has 0 amide bonds. The summed E-state index contributed by atoms with van der Waals surface area (Å²) in [5, 5.41) is 8.10. The maximum absolute atomic E-state index is 12.3. The Hall–Kier alpha value is -2.55. The minimum atomic E-state index is -0.856. The Morgan fingerprint density at radius 1 is 1.16 bits per heavy atom. The number of hydrogen-bond acceptors (Lipinski definition) is 8. The second-order valence-corrected chi connectivity index (χ2v) is 7.72. The number of rotatable bonds is 7. The van der Waals surface area contributed by atoms with E-state index in [0.717, 1.165) is 5.70 Å². The minimum Gasteiger partial charge on any atom is -0.432 e. The number of benzene rings is 1. The fourth-order valence-corrected chi connectivity index (χ4v) is 3.83. The first-order valence-electron chi connectivity index (χ1n) is 9.65. The number of halogens is 2. The van der Waals surface area contributed by atoms with Crippen LogP contribution in [0.15, 0.2) is 39.9 Å². The summed E-state index contributed by atoms with van der Waals surface area (Å²) in [5.41, 5.74) is 2.74. The monoisotopic (exact) mass is 467 g/mol. The maximum atomic E-state index is 12.3. The summed E-state index contributed by atoms with van der Waals surface area (Å²) in [4.78, 5) is 16.8. The molecule has 0 fully saturated rings. The number of nitrogens with one attached hydrogen (secondary N) is 1. The van der Waals surface area contributed by atoms with Crippen molar-refractivity contribution in [1.82, 2.24) is 15.5 Å². The molecule has 1 aromatic carbocycles. The molecule has 1 aliphatic rings. The van der Waals surface area contributed by atoms with E-state index in [2.05, 4.69) is 15.5 Å². The highest BCUT2D eigenvalue weighted by Crippen LogP contribution is 2.44. The average molecular weight is 468 g/mol. The Labute approximate surface area is 190 Å². The molecule has 0 bridgehead atoms. The van der Waals surface area contributed by atoms with E-state index in [1.807, 2.05) is 13.8 Å². The zero-order valence-electron chi connectivity index (χ0n) is 17.6. The van der Waals surface area contributed by atoms with E-state index in [4.69, 9.17) is 41.9 Å². The van der Waals surface area contributed by atoms with E-state index in [1.54, 1.807) is 25.1 Å². The van der Waals surface area contributed by atoms with Crippen LogP contribution in [0.1, 0.15) is 44.0 Å². The molecule has 1 aromatic heterocycles. The molecule has 1 atom stereocenters. The molecule has 0 spiro atoms. The second-order valence-electron chi connectivity index (χ2n) is 6.85. The average Bonchev–Trinajstić information content (AvgIpc) is 3.18.